The molecule has 0 saturated carbocycles. The van der Waals surface area contributed by atoms with Crippen molar-refractivity contribution in [1.29, 1.82) is 0 Å². The number of hydrogen-bond donors (Lipinski definition) is 1. The molecular formula is C28H23N3O3. The average Bonchev–Trinajstić information content (AvgIpc) is 3.23. The van der Waals surface area contributed by atoms with Gasteiger partial charge in [-0.3, -0.25) is 4.79 Å². The number of carbonyl (C=O) groups is 1. The van der Waals surface area contributed by atoms with Crippen LogP contribution in [0, 0.1) is 0 Å². The van der Waals surface area contributed by atoms with Gasteiger partial charge in [-0.05, 0) is 34.9 Å². The Morgan fingerprint density at radius 1 is 0.882 bits per heavy atom. The van der Waals surface area contributed by atoms with Gasteiger partial charge in [0, 0.05) is 17.3 Å². The van der Waals surface area contributed by atoms with Crippen molar-refractivity contribution in [3.63, 3.8) is 0 Å². The van der Waals surface area contributed by atoms with Gasteiger partial charge in [0.1, 0.15) is 11.6 Å². The third kappa shape index (κ3) is 4.26. The van der Waals surface area contributed by atoms with E-state index in [4.69, 9.17) is 9.72 Å². The predicted octanol–water partition coefficient (Wildman–Crippen LogP) is 5.45. The highest BCUT2D eigenvalue weighted by atomic mass is 16.5. The summed E-state index contributed by atoms with van der Waals surface area (Å²) in [5, 5.41) is 9.40. The standard InChI is InChI=1S/C28H23N3O3/c1-34-24-13-7-12-21(14-24)28-30-27-25(15-23(17-29-27)19-8-3-2-4-9-19)31(28)18-22-11-6-5-10-20(22)16-26(32)33/h2-15,17H,16,18H2,1H3,(H,32,33). The summed E-state index contributed by atoms with van der Waals surface area (Å²) in [5.41, 5.74) is 6.18. The quantitative estimate of drug-likeness (QED) is 0.358. The number of rotatable bonds is 7. The summed E-state index contributed by atoms with van der Waals surface area (Å²) in [6, 6.07) is 27.6. The van der Waals surface area contributed by atoms with Gasteiger partial charge >= 0.3 is 5.97 Å². The van der Waals surface area contributed by atoms with Crippen molar-refractivity contribution in [2.45, 2.75) is 13.0 Å². The average molecular weight is 450 g/mol. The van der Waals surface area contributed by atoms with Gasteiger partial charge in [-0.15, -0.1) is 0 Å². The maximum atomic E-state index is 11.5. The Morgan fingerprint density at radius 3 is 2.38 bits per heavy atom. The zero-order valence-corrected chi connectivity index (χ0v) is 18.7. The molecule has 1 N–H and O–H groups in total. The van der Waals surface area contributed by atoms with Gasteiger partial charge in [0.2, 0.25) is 0 Å². The highest BCUT2D eigenvalue weighted by Gasteiger charge is 2.17. The Kier molecular flexibility index (Phi) is 5.79. The van der Waals surface area contributed by atoms with Crippen LogP contribution in [-0.2, 0) is 17.8 Å². The fourth-order valence-electron chi connectivity index (χ4n) is 4.15. The second-order valence-corrected chi connectivity index (χ2v) is 8.03. The van der Waals surface area contributed by atoms with Crippen LogP contribution in [0.1, 0.15) is 11.1 Å². The summed E-state index contributed by atoms with van der Waals surface area (Å²) < 4.78 is 7.53. The van der Waals surface area contributed by atoms with E-state index < -0.39 is 5.97 Å². The number of fused-ring (bicyclic) bond motifs is 1. The summed E-state index contributed by atoms with van der Waals surface area (Å²) >= 11 is 0. The minimum absolute atomic E-state index is 0.0369. The van der Waals surface area contributed by atoms with Gasteiger partial charge in [0.25, 0.3) is 0 Å². The van der Waals surface area contributed by atoms with Crippen LogP contribution in [0.3, 0.4) is 0 Å². The maximum Gasteiger partial charge on any atom is 0.307 e. The number of benzene rings is 3. The molecule has 0 unspecified atom stereocenters. The van der Waals surface area contributed by atoms with E-state index in [0.717, 1.165) is 44.9 Å². The molecule has 0 spiro atoms. The maximum absolute atomic E-state index is 11.5. The molecule has 0 atom stereocenters. The van der Waals surface area contributed by atoms with Crippen molar-refractivity contribution < 1.29 is 14.6 Å². The van der Waals surface area contributed by atoms with Crippen LogP contribution in [0.4, 0.5) is 0 Å². The molecule has 5 rings (SSSR count). The molecule has 6 heteroatoms. The van der Waals surface area contributed by atoms with Crippen molar-refractivity contribution in [1.82, 2.24) is 14.5 Å². The lowest BCUT2D eigenvalue weighted by atomic mass is 10.0. The van der Waals surface area contributed by atoms with Crippen LogP contribution in [0.5, 0.6) is 5.75 Å². The first kappa shape index (κ1) is 21.4. The molecule has 3 aromatic carbocycles. The van der Waals surface area contributed by atoms with Crippen molar-refractivity contribution in [2.24, 2.45) is 0 Å². The van der Waals surface area contributed by atoms with Gasteiger partial charge in [0.05, 0.1) is 25.6 Å². The summed E-state index contributed by atoms with van der Waals surface area (Å²) in [7, 11) is 1.64. The molecule has 168 valence electrons. The Labute approximate surface area is 197 Å². The van der Waals surface area contributed by atoms with E-state index in [1.54, 1.807) is 7.11 Å². The van der Waals surface area contributed by atoms with E-state index in [1.807, 2.05) is 72.9 Å². The summed E-state index contributed by atoms with van der Waals surface area (Å²) in [4.78, 5) is 21.0. The third-order valence-electron chi connectivity index (χ3n) is 5.83. The Morgan fingerprint density at radius 2 is 1.62 bits per heavy atom. The van der Waals surface area contributed by atoms with Gasteiger partial charge in [-0.2, -0.15) is 0 Å². The molecule has 34 heavy (non-hydrogen) atoms. The summed E-state index contributed by atoms with van der Waals surface area (Å²) in [5.74, 6) is 0.626. The number of hydrogen-bond acceptors (Lipinski definition) is 4. The molecular weight excluding hydrogens is 426 g/mol. The van der Waals surface area contributed by atoms with Crippen molar-refractivity contribution in [2.75, 3.05) is 7.11 Å². The molecule has 0 aliphatic heterocycles. The molecule has 6 nitrogen and oxygen atoms in total. The summed E-state index contributed by atoms with van der Waals surface area (Å²) in [6.45, 7) is 0.465. The monoisotopic (exact) mass is 449 g/mol. The SMILES string of the molecule is COc1cccc(-c2nc3ncc(-c4ccccc4)cc3n2Cc2ccccc2CC(=O)O)c1. The molecule has 0 aliphatic carbocycles. The number of aromatic nitrogens is 3. The molecule has 0 aliphatic rings. The van der Waals surface area contributed by atoms with E-state index in [1.165, 1.54) is 0 Å². The van der Waals surface area contributed by atoms with Crippen LogP contribution in [0.2, 0.25) is 0 Å². The lowest BCUT2D eigenvalue weighted by Crippen LogP contribution is -2.08. The molecule has 0 amide bonds. The molecule has 0 saturated heterocycles. The highest BCUT2D eigenvalue weighted by Crippen LogP contribution is 2.30. The van der Waals surface area contributed by atoms with E-state index >= 15 is 0 Å². The number of carboxylic acids is 1. The summed E-state index contributed by atoms with van der Waals surface area (Å²) in [6.07, 6.45) is 1.80. The lowest BCUT2D eigenvalue weighted by Gasteiger charge is -2.13. The normalized spacial score (nSPS) is 11.0. The Balaban J connectivity index is 1.70. The first-order valence-corrected chi connectivity index (χ1v) is 11.0. The van der Waals surface area contributed by atoms with E-state index in [-0.39, 0.29) is 6.42 Å². The number of ether oxygens (including phenoxy) is 1. The number of nitrogens with zero attached hydrogens (tertiary/aromatic N) is 3. The Bertz CT molecular complexity index is 1480. The predicted molar refractivity (Wildman–Crippen MR) is 132 cm³/mol. The molecule has 0 fully saturated rings. The molecule has 2 heterocycles. The second kappa shape index (κ2) is 9.19. The van der Waals surface area contributed by atoms with Crippen LogP contribution in [0.15, 0.2) is 91.1 Å². The van der Waals surface area contributed by atoms with Crippen molar-refractivity contribution in [3.05, 3.63) is 102 Å². The largest absolute Gasteiger partial charge is 0.497 e. The number of pyridine rings is 1. The van der Waals surface area contributed by atoms with Crippen molar-refractivity contribution >= 4 is 17.1 Å². The van der Waals surface area contributed by atoms with Crippen LogP contribution in [0.25, 0.3) is 33.7 Å². The second-order valence-electron chi connectivity index (χ2n) is 8.03. The van der Waals surface area contributed by atoms with Gasteiger partial charge < -0.3 is 14.4 Å². The number of carboxylic acid groups (broad SMARTS) is 1. The topological polar surface area (TPSA) is 77.2 Å². The minimum Gasteiger partial charge on any atom is -0.497 e. The van der Waals surface area contributed by atoms with Gasteiger partial charge in [0.15, 0.2) is 5.65 Å². The molecule has 2 aromatic heterocycles. The molecule has 5 aromatic rings. The van der Waals surface area contributed by atoms with E-state index in [0.29, 0.717) is 12.2 Å². The van der Waals surface area contributed by atoms with Crippen LogP contribution in [-0.4, -0.2) is 32.7 Å². The molecule has 0 bridgehead atoms. The van der Waals surface area contributed by atoms with Crippen LogP contribution < -0.4 is 4.74 Å². The first-order valence-electron chi connectivity index (χ1n) is 11.0. The third-order valence-corrected chi connectivity index (χ3v) is 5.83. The number of imidazole rings is 1. The van der Waals surface area contributed by atoms with E-state index in [2.05, 4.69) is 27.8 Å². The minimum atomic E-state index is -0.857. The van der Waals surface area contributed by atoms with E-state index in [9.17, 15) is 9.90 Å². The highest BCUT2D eigenvalue weighted by molar-refractivity contribution is 5.82. The smallest absolute Gasteiger partial charge is 0.307 e. The zero-order chi connectivity index (χ0) is 23.5. The zero-order valence-electron chi connectivity index (χ0n) is 18.7. The van der Waals surface area contributed by atoms with Gasteiger partial charge in [-0.1, -0.05) is 66.7 Å². The van der Waals surface area contributed by atoms with Gasteiger partial charge in [-0.25, -0.2) is 9.97 Å². The first-order chi connectivity index (χ1) is 16.6. The fourth-order valence-corrected chi connectivity index (χ4v) is 4.15. The number of methoxy groups -OCH3 is 1. The van der Waals surface area contributed by atoms with Crippen molar-refractivity contribution in [3.8, 4) is 28.3 Å². The molecule has 0 radical (unpaired) electrons. The number of aliphatic carboxylic acids is 1. The Hall–Kier alpha value is -4.45. The fraction of sp³-hybridized carbons (Fsp3) is 0.107. The lowest BCUT2D eigenvalue weighted by molar-refractivity contribution is -0.136. The van der Waals surface area contributed by atoms with Crippen LogP contribution >= 0.6 is 0 Å².